The van der Waals surface area contributed by atoms with E-state index in [4.69, 9.17) is 4.52 Å². The molecule has 1 unspecified atom stereocenters. The quantitative estimate of drug-likeness (QED) is 0.619. The standard InChI is InChI=1S/C19H27FN6O/c1-4-21-19(22-11-18-23-14(3)27-25-18)24-16-6-5-9-26(12-16)17-8-7-15(20)10-13(17)2/h7-8,10,16H,4-6,9,11-12H2,1-3H3,(H2,21,22,24). The molecule has 0 aliphatic carbocycles. The maximum absolute atomic E-state index is 13.4. The second kappa shape index (κ2) is 8.83. The van der Waals surface area contributed by atoms with E-state index in [2.05, 4.69) is 30.7 Å². The summed E-state index contributed by atoms with van der Waals surface area (Å²) in [6.45, 7) is 8.69. The zero-order valence-electron chi connectivity index (χ0n) is 16.1. The summed E-state index contributed by atoms with van der Waals surface area (Å²) in [5, 5.41) is 10.6. The van der Waals surface area contributed by atoms with Crippen molar-refractivity contribution in [2.24, 2.45) is 4.99 Å². The Morgan fingerprint density at radius 3 is 2.96 bits per heavy atom. The predicted molar refractivity (Wildman–Crippen MR) is 103 cm³/mol. The van der Waals surface area contributed by atoms with E-state index in [1.54, 1.807) is 13.0 Å². The lowest BCUT2D eigenvalue weighted by atomic mass is 10.0. The van der Waals surface area contributed by atoms with Gasteiger partial charge < -0.3 is 20.1 Å². The van der Waals surface area contributed by atoms with Gasteiger partial charge in [-0.05, 0) is 50.5 Å². The molecule has 1 aromatic carbocycles. The molecule has 1 aliphatic rings. The minimum atomic E-state index is -0.193. The van der Waals surface area contributed by atoms with Gasteiger partial charge >= 0.3 is 0 Å². The van der Waals surface area contributed by atoms with Crippen LogP contribution in [0.2, 0.25) is 0 Å². The highest BCUT2D eigenvalue weighted by Gasteiger charge is 2.22. The number of hydrogen-bond donors (Lipinski definition) is 2. The van der Waals surface area contributed by atoms with Crippen LogP contribution in [0.15, 0.2) is 27.7 Å². The number of anilines is 1. The van der Waals surface area contributed by atoms with Crippen molar-refractivity contribution in [1.82, 2.24) is 20.8 Å². The van der Waals surface area contributed by atoms with Crippen molar-refractivity contribution in [1.29, 1.82) is 0 Å². The van der Waals surface area contributed by atoms with Crippen LogP contribution >= 0.6 is 0 Å². The van der Waals surface area contributed by atoms with Gasteiger partial charge in [0, 0.05) is 38.3 Å². The third-order valence-corrected chi connectivity index (χ3v) is 4.55. The number of hydrogen-bond acceptors (Lipinski definition) is 5. The average Bonchev–Trinajstić information content (AvgIpc) is 3.05. The van der Waals surface area contributed by atoms with E-state index in [-0.39, 0.29) is 11.9 Å². The molecule has 1 atom stereocenters. The molecule has 2 heterocycles. The van der Waals surface area contributed by atoms with Crippen molar-refractivity contribution in [3.8, 4) is 0 Å². The van der Waals surface area contributed by atoms with Crippen LogP contribution in [0.4, 0.5) is 10.1 Å². The lowest BCUT2D eigenvalue weighted by molar-refractivity contribution is 0.387. The molecular formula is C19H27FN6O. The minimum Gasteiger partial charge on any atom is -0.369 e. The highest BCUT2D eigenvalue weighted by Crippen LogP contribution is 2.24. The number of benzene rings is 1. The Balaban J connectivity index is 1.64. The first kappa shape index (κ1) is 19.1. The van der Waals surface area contributed by atoms with Gasteiger partial charge in [-0.25, -0.2) is 9.38 Å². The molecule has 1 saturated heterocycles. The minimum absolute atomic E-state index is 0.193. The van der Waals surface area contributed by atoms with Gasteiger partial charge in [-0.1, -0.05) is 5.16 Å². The normalized spacial score (nSPS) is 17.9. The maximum atomic E-state index is 13.4. The summed E-state index contributed by atoms with van der Waals surface area (Å²) in [6.07, 6.45) is 2.13. The molecule has 0 radical (unpaired) electrons. The van der Waals surface area contributed by atoms with Crippen molar-refractivity contribution in [2.45, 2.75) is 46.2 Å². The summed E-state index contributed by atoms with van der Waals surface area (Å²) in [5.74, 6) is 1.65. The lowest BCUT2D eigenvalue weighted by Gasteiger charge is -2.36. The Hall–Kier alpha value is -2.64. The van der Waals surface area contributed by atoms with Crippen molar-refractivity contribution in [3.05, 3.63) is 41.3 Å². The van der Waals surface area contributed by atoms with Gasteiger partial charge in [-0.15, -0.1) is 0 Å². The Kier molecular flexibility index (Phi) is 6.26. The molecule has 2 N–H and O–H groups in total. The predicted octanol–water partition coefficient (Wildman–Crippen LogP) is 2.55. The molecule has 0 spiro atoms. The van der Waals surface area contributed by atoms with Crippen molar-refractivity contribution in [3.63, 3.8) is 0 Å². The SMILES string of the molecule is CCNC(=NCc1noc(C)n1)NC1CCCN(c2ccc(F)cc2C)C1. The largest absolute Gasteiger partial charge is 0.369 e. The van der Waals surface area contributed by atoms with Gasteiger partial charge in [0.25, 0.3) is 0 Å². The molecule has 0 amide bonds. The maximum Gasteiger partial charge on any atom is 0.223 e. The summed E-state index contributed by atoms with van der Waals surface area (Å²) < 4.78 is 18.4. The smallest absolute Gasteiger partial charge is 0.223 e. The molecule has 27 heavy (non-hydrogen) atoms. The van der Waals surface area contributed by atoms with Crippen molar-refractivity contribution >= 4 is 11.6 Å². The van der Waals surface area contributed by atoms with Gasteiger partial charge in [0.05, 0.1) is 0 Å². The summed E-state index contributed by atoms with van der Waals surface area (Å²) in [5.41, 5.74) is 2.05. The third kappa shape index (κ3) is 5.18. The van der Waals surface area contributed by atoms with Crippen LogP contribution in [-0.2, 0) is 6.54 Å². The first-order valence-electron chi connectivity index (χ1n) is 9.40. The van der Waals surface area contributed by atoms with Crippen LogP contribution in [-0.4, -0.2) is 41.8 Å². The number of nitrogens with one attached hydrogen (secondary N) is 2. The third-order valence-electron chi connectivity index (χ3n) is 4.55. The highest BCUT2D eigenvalue weighted by atomic mass is 19.1. The first-order valence-corrected chi connectivity index (χ1v) is 9.40. The van der Waals surface area contributed by atoms with Gasteiger partial charge in [-0.2, -0.15) is 4.98 Å². The molecule has 1 aromatic heterocycles. The monoisotopic (exact) mass is 374 g/mol. The Bertz CT molecular complexity index is 790. The summed E-state index contributed by atoms with van der Waals surface area (Å²) in [6, 6.07) is 5.24. The molecular weight excluding hydrogens is 347 g/mol. The summed E-state index contributed by atoms with van der Waals surface area (Å²) in [7, 11) is 0. The van der Waals surface area contributed by atoms with E-state index >= 15 is 0 Å². The van der Waals surface area contributed by atoms with Gasteiger partial charge in [0.2, 0.25) is 5.89 Å². The zero-order valence-corrected chi connectivity index (χ0v) is 16.1. The number of rotatable bonds is 5. The highest BCUT2D eigenvalue weighted by molar-refractivity contribution is 5.80. The van der Waals surface area contributed by atoms with Crippen LogP contribution in [0.3, 0.4) is 0 Å². The summed E-state index contributed by atoms with van der Waals surface area (Å²) in [4.78, 5) is 11.0. The van der Waals surface area contributed by atoms with E-state index in [9.17, 15) is 4.39 Å². The number of aromatic nitrogens is 2. The van der Waals surface area contributed by atoms with Crippen LogP contribution < -0.4 is 15.5 Å². The van der Waals surface area contributed by atoms with Crippen molar-refractivity contribution < 1.29 is 8.91 Å². The van der Waals surface area contributed by atoms with Crippen LogP contribution in [0.5, 0.6) is 0 Å². The fraction of sp³-hybridized carbons (Fsp3) is 0.526. The second-order valence-electron chi connectivity index (χ2n) is 6.79. The van der Waals surface area contributed by atoms with E-state index in [0.29, 0.717) is 18.3 Å². The molecule has 8 heteroatoms. The zero-order chi connectivity index (χ0) is 19.2. The Morgan fingerprint density at radius 1 is 1.41 bits per heavy atom. The number of guanidine groups is 1. The molecule has 1 aliphatic heterocycles. The first-order chi connectivity index (χ1) is 13.0. The van der Waals surface area contributed by atoms with Crippen LogP contribution in [0.1, 0.15) is 37.0 Å². The molecule has 0 bridgehead atoms. The van der Waals surface area contributed by atoms with Crippen LogP contribution in [0, 0.1) is 19.7 Å². The topological polar surface area (TPSA) is 78.6 Å². The van der Waals surface area contributed by atoms with Crippen molar-refractivity contribution in [2.75, 3.05) is 24.5 Å². The van der Waals surface area contributed by atoms with E-state index in [0.717, 1.165) is 49.7 Å². The number of aliphatic imine (C=N–C) groups is 1. The molecule has 146 valence electrons. The number of halogens is 1. The fourth-order valence-corrected chi connectivity index (χ4v) is 3.36. The number of aryl methyl sites for hydroxylation is 2. The molecule has 1 fully saturated rings. The van der Waals surface area contributed by atoms with Gasteiger partial charge in [0.1, 0.15) is 12.4 Å². The van der Waals surface area contributed by atoms with Gasteiger partial charge in [-0.3, -0.25) is 0 Å². The van der Waals surface area contributed by atoms with Crippen LogP contribution in [0.25, 0.3) is 0 Å². The van der Waals surface area contributed by atoms with Gasteiger partial charge in [0.15, 0.2) is 11.8 Å². The fourth-order valence-electron chi connectivity index (χ4n) is 3.36. The Morgan fingerprint density at radius 2 is 2.26 bits per heavy atom. The Labute approximate surface area is 159 Å². The molecule has 0 saturated carbocycles. The molecule has 2 aromatic rings. The van der Waals surface area contributed by atoms with E-state index < -0.39 is 0 Å². The lowest BCUT2D eigenvalue weighted by Crippen LogP contribution is -2.51. The second-order valence-corrected chi connectivity index (χ2v) is 6.79. The summed E-state index contributed by atoms with van der Waals surface area (Å²) >= 11 is 0. The average molecular weight is 374 g/mol. The number of nitrogens with zero attached hydrogens (tertiary/aromatic N) is 4. The van der Waals surface area contributed by atoms with E-state index in [1.807, 2.05) is 19.9 Å². The molecule has 7 nitrogen and oxygen atoms in total. The molecule has 3 rings (SSSR count). The van der Waals surface area contributed by atoms with E-state index in [1.165, 1.54) is 6.07 Å². The number of piperidine rings is 1.